The highest BCUT2D eigenvalue weighted by Gasteiger charge is 2.27. The van der Waals surface area contributed by atoms with Crippen LogP contribution in [0.25, 0.3) is 15.6 Å². The Balaban J connectivity index is 1.15. The van der Waals surface area contributed by atoms with E-state index < -0.39 is 5.60 Å². The van der Waals surface area contributed by atoms with Crippen LogP contribution in [-0.2, 0) is 11.3 Å². The van der Waals surface area contributed by atoms with Gasteiger partial charge in [0.1, 0.15) is 23.0 Å². The molecular formula is C35H36N3O4+. The van der Waals surface area contributed by atoms with Crippen LogP contribution < -0.4 is 10.1 Å². The molecule has 0 atom stereocenters. The molecule has 4 aromatic carbocycles. The van der Waals surface area contributed by atoms with Gasteiger partial charge >= 0.3 is 17.8 Å². The molecule has 1 aliphatic heterocycles. The van der Waals surface area contributed by atoms with E-state index in [0.29, 0.717) is 25.2 Å². The molecule has 42 heavy (non-hydrogen) atoms. The van der Waals surface area contributed by atoms with E-state index in [0.717, 1.165) is 46.2 Å². The lowest BCUT2D eigenvalue weighted by Gasteiger charge is -2.33. The number of nitrogens with one attached hydrogen (secondary N) is 1. The number of piperidine rings is 1. The van der Waals surface area contributed by atoms with Gasteiger partial charge in [-0.3, -0.25) is 4.79 Å². The minimum absolute atomic E-state index is 0.0544. The highest BCUT2D eigenvalue weighted by molar-refractivity contribution is 5.94. The van der Waals surface area contributed by atoms with Crippen molar-refractivity contribution >= 4 is 28.5 Å². The van der Waals surface area contributed by atoms with Gasteiger partial charge in [-0.2, -0.15) is 0 Å². The first-order chi connectivity index (χ1) is 20.2. The number of benzene rings is 4. The lowest BCUT2D eigenvalue weighted by molar-refractivity contribution is 0.0126. The van der Waals surface area contributed by atoms with Crippen molar-refractivity contribution in [2.45, 2.75) is 51.9 Å². The second-order valence-corrected chi connectivity index (χ2v) is 11.4. The lowest BCUT2D eigenvalue weighted by atomic mass is 10.0. The van der Waals surface area contributed by atoms with Crippen LogP contribution in [-0.4, -0.2) is 41.7 Å². The average Bonchev–Trinajstić information content (AvgIpc) is 2.99. The van der Waals surface area contributed by atoms with Crippen LogP contribution in [0.4, 0.5) is 10.5 Å². The van der Waals surface area contributed by atoms with E-state index in [1.807, 2.05) is 87.5 Å². The zero-order chi connectivity index (χ0) is 29.5. The number of hydrogen-bond acceptors (Lipinski definition) is 4. The summed E-state index contributed by atoms with van der Waals surface area (Å²) in [6, 6.07) is 32.2. The number of rotatable bonds is 5. The molecule has 7 nitrogen and oxygen atoms in total. The SMILES string of the molecule is CC(C)(C)OC(=O)N1CCC(Oc2ccc([N+]#Cc3ccc4ccc(CNC(=O)c5ccccc5)cc4c3)cc2)CC1. The Kier molecular flexibility index (Phi) is 8.73. The van der Waals surface area contributed by atoms with Crippen LogP contribution in [0.5, 0.6) is 5.75 Å². The van der Waals surface area contributed by atoms with E-state index in [2.05, 4.69) is 28.4 Å². The number of amides is 2. The molecule has 214 valence electrons. The van der Waals surface area contributed by atoms with Gasteiger partial charge in [-0.1, -0.05) is 36.4 Å². The summed E-state index contributed by atoms with van der Waals surface area (Å²) in [7, 11) is 0. The van der Waals surface area contributed by atoms with Gasteiger partial charge in [-0.25, -0.2) is 4.79 Å². The van der Waals surface area contributed by atoms with Crippen LogP contribution in [0.2, 0.25) is 0 Å². The van der Waals surface area contributed by atoms with Gasteiger partial charge in [-0.05, 0) is 84.4 Å². The maximum Gasteiger partial charge on any atom is 0.410 e. The number of ether oxygens (including phenoxy) is 2. The van der Waals surface area contributed by atoms with E-state index >= 15 is 0 Å². The standard InChI is InChI=1S/C35H35N3O4/c1-35(2,3)42-34(40)38-19-17-32(18-20-38)41-31-15-13-30(14-16-31)36-23-25-9-11-27-12-10-26(22-29(27)21-25)24-37-33(39)28-7-5-4-6-8-28/h4-16,21-22,32H,17-20,24H2,1-3H3/p+1. The van der Waals surface area contributed by atoms with Crippen molar-refractivity contribution in [1.82, 2.24) is 10.2 Å². The molecule has 0 radical (unpaired) electrons. The van der Waals surface area contributed by atoms with Gasteiger partial charge in [0.2, 0.25) is 0 Å². The molecule has 0 unspecified atom stereocenters. The third-order valence-electron chi connectivity index (χ3n) is 6.94. The zero-order valence-corrected chi connectivity index (χ0v) is 24.3. The highest BCUT2D eigenvalue weighted by Crippen LogP contribution is 2.24. The van der Waals surface area contributed by atoms with Crippen molar-refractivity contribution in [3.63, 3.8) is 0 Å². The van der Waals surface area contributed by atoms with Crippen LogP contribution in [0.1, 0.15) is 55.1 Å². The van der Waals surface area contributed by atoms with Crippen molar-refractivity contribution in [1.29, 1.82) is 0 Å². The Hall–Kier alpha value is -4.83. The molecule has 1 fully saturated rings. The molecule has 4 aromatic rings. The van der Waals surface area contributed by atoms with Gasteiger partial charge in [0.15, 0.2) is 0 Å². The number of carbonyl (C=O) groups excluding carboxylic acids is 2. The Morgan fingerprint density at radius 1 is 0.905 bits per heavy atom. The fraction of sp³-hybridized carbons (Fsp3) is 0.286. The molecule has 0 spiro atoms. The summed E-state index contributed by atoms with van der Waals surface area (Å²) in [5, 5.41) is 5.15. The molecule has 0 aliphatic carbocycles. The van der Waals surface area contributed by atoms with E-state index in [9.17, 15) is 9.59 Å². The van der Waals surface area contributed by atoms with Gasteiger partial charge in [-0.15, -0.1) is 0 Å². The molecule has 7 heteroatoms. The highest BCUT2D eigenvalue weighted by atomic mass is 16.6. The fourth-order valence-electron chi connectivity index (χ4n) is 4.75. The van der Waals surface area contributed by atoms with Crippen molar-refractivity contribution in [2.75, 3.05) is 13.1 Å². The Bertz CT molecular complexity index is 1610. The monoisotopic (exact) mass is 562 g/mol. The van der Waals surface area contributed by atoms with Crippen LogP contribution in [0.15, 0.2) is 91.0 Å². The quantitative estimate of drug-likeness (QED) is 0.272. The first-order valence-electron chi connectivity index (χ1n) is 14.3. The summed E-state index contributed by atoms with van der Waals surface area (Å²) in [5.41, 5.74) is 2.82. The smallest absolute Gasteiger partial charge is 0.410 e. The molecule has 5 rings (SSSR count). The first kappa shape index (κ1) is 28.7. The Labute approximate surface area is 246 Å². The van der Waals surface area contributed by atoms with Gasteiger partial charge in [0.25, 0.3) is 5.91 Å². The summed E-state index contributed by atoms with van der Waals surface area (Å²) in [6.07, 6.45) is 1.31. The van der Waals surface area contributed by atoms with Gasteiger partial charge in [0.05, 0.1) is 0 Å². The first-order valence-corrected chi connectivity index (χ1v) is 14.3. The van der Waals surface area contributed by atoms with Gasteiger partial charge < -0.3 is 19.7 Å². The third kappa shape index (κ3) is 7.88. The molecule has 1 aliphatic rings. The third-order valence-corrected chi connectivity index (χ3v) is 6.94. The molecule has 1 heterocycles. The molecule has 0 saturated carbocycles. The van der Waals surface area contributed by atoms with Crippen LogP contribution in [0.3, 0.4) is 0 Å². The summed E-state index contributed by atoms with van der Waals surface area (Å²) in [5.74, 6) is 0.687. The number of fused-ring (bicyclic) bond motifs is 1. The number of nitrogens with zero attached hydrogens (tertiary/aromatic N) is 2. The average molecular weight is 563 g/mol. The van der Waals surface area contributed by atoms with Crippen molar-refractivity contribution in [3.8, 4) is 11.8 Å². The topological polar surface area (TPSA) is 72.2 Å². The zero-order valence-electron chi connectivity index (χ0n) is 24.3. The largest absolute Gasteiger partial charge is 0.490 e. The normalized spacial score (nSPS) is 13.6. The van der Waals surface area contributed by atoms with Crippen LogP contribution >= 0.6 is 0 Å². The molecule has 2 amide bonds. The summed E-state index contributed by atoms with van der Waals surface area (Å²) in [6.45, 7) is 7.31. The predicted octanol–water partition coefficient (Wildman–Crippen LogP) is 7.56. The van der Waals surface area contributed by atoms with E-state index in [1.54, 1.807) is 17.0 Å². The Morgan fingerprint density at radius 3 is 2.33 bits per heavy atom. The van der Waals surface area contributed by atoms with Crippen molar-refractivity contribution < 1.29 is 19.1 Å². The van der Waals surface area contributed by atoms with Gasteiger partial charge in [0, 0.05) is 50.2 Å². The number of hydrogen-bond donors (Lipinski definition) is 1. The molecule has 1 N–H and O–H groups in total. The second kappa shape index (κ2) is 12.8. The molecule has 0 bridgehead atoms. The Morgan fingerprint density at radius 2 is 1.62 bits per heavy atom. The summed E-state index contributed by atoms with van der Waals surface area (Å²) < 4.78 is 11.6. The maximum absolute atomic E-state index is 12.4. The van der Waals surface area contributed by atoms with E-state index in [-0.39, 0.29) is 18.1 Å². The lowest BCUT2D eigenvalue weighted by Crippen LogP contribution is -2.44. The molecule has 1 saturated heterocycles. The molecular weight excluding hydrogens is 526 g/mol. The molecule has 0 aromatic heterocycles. The van der Waals surface area contributed by atoms with Crippen molar-refractivity contribution in [3.05, 3.63) is 113 Å². The minimum Gasteiger partial charge on any atom is -0.490 e. The van der Waals surface area contributed by atoms with E-state index in [1.165, 1.54) is 0 Å². The fourth-order valence-corrected chi connectivity index (χ4v) is 4.75. The number of carbonyl (C=O) groups is 2. The van der Waals surface area contributed by atoms with E-state index in [4.69, 9.17) is 9.47 Å². The summed E-state index contributed by atoms with van der Waals surface area (Å²) in [4.78, 5) is 30.9. The minimum atomic E-state index is -0.493. The van der Waals surface area contributed by atoms with Crippen molar-refractivity contribution in [2.24, 2.45) is 0 Å². The van der Waals surface area contributed by atoms with Crippen LogP contribution in [0, 0.1) is 6.07 Å². The maximum atomic E-state index is 12.4. The second-order valence-electron chi connectivity index (χ2n) is 11.4. The predicted molar refractivity (Wildman–Crippen MR) is 165 cm³/mol. The number of likely N-dealkylation sites (tertiary alicyclic amines) is 1. The summed E-state index contributed by atoms with van der Waals surface area (Å²) >= 11 is 0.